The highest BCUT2D eigenvalue weighted by Gasteiger charge is 2.13. The second-order valence-corrected chi connectivity index (χ2v) is 4.81. The van der Waals surface area contributed by atoms with E-state index < -0.39 is 5.91 Å². The maximum atomic E-state index is 11.4. The summed E-state index contributed by atoms with van der Waals surface area (Å²) < 4.78 is 5.26. The number of amides is 1. The van der Waals surface area contributed by atoms with Crippen molar-refractivity contribution in [3.05, 3.63) is 42.1 Å². The topological polar surface area (TPSA) is 91.2 Å². The zero-order valence-electron chi connectivity index (χ0n) is 10.3. The largest absolute Gasteiger partial charge is 0.496 e. The van der Waals surface area contributed by atoms with E-state index in [1.807, 2.05) is 24.3 Å². The standard InChI is InChI=1S/C13H13N3O2S/c1-18-9-4-2-3-5-10(9)19-11-7-16-12(14)6-8(11)13(15)17/h2-7H,1H3,(H2,14,16)(H2,15,17). The van der Waals surface area contributed by atoms with Gasteiger partial charge in [0.1, 0.15) is 11.6 Å². The molecule has 0 aliphatic rings. The summed E-state index contributed by atoms with van der Waals surface area (Å²) in [6, 6.07) is 8.97. The highest BCUT2D eigenvalue weighted by Crippen LogP contribution is 2.36. The lowest BCUT2D eigenvalue weighted by Crippen LogP contribution is -2.13. The first-order chi connectivity index (χ1) is 9.11. The van der Waals surface area contributed by atoms with Crippen LogP contribution < -0.4 is 16.2 Å². The van der Waals surface area contributed by atoms with Crippen molar-refractivity contribution in [1.29, 1.82) is 0 Å². The number of nitrogens with two attached hydrogens (primary N) is 2. The fourth-order valence-corrected chi connectivity index (χ4v) is 2.56. The van der Waals surface area contributed by atoms with E-state index in [1.54, 1.807) is 7.11 Å². The Morgan fingerprint density at radius 1 is 1.32 bits per heavy atom. The quantitative estimate of drug-likeness (QED) is 0.889. The zero-order chi connectivity index (χ0) is 13.8. The Bertz CT molecular complexity index is 617. The number of carbonyl (C=O) groups excluding carboxylic acids is 1. The van der Waals surface area contributed by atoms with E-state index in [-0.39, 0.29) is 5.82 Å². The third kappa shape index (κ3) is 2.97. The molecule has 0 aliphatic heterocycles. The number of pyridine rings is 1. The maximum absolute atomic E-state index is 11.4. The zero-order valence-corrected chi connectivity index (χ0v) is 11.1. The van der Waals surface area contributed by atoms with Crippen LogP contribution in [0, 0.1) is 0 Å². The van der Waals surface area contributed by atoms with Crippen LogP contribution in [0.3, 0.4) is 0 Å². The summed E-state index contributed by atoms with van der Waals surface area (Å²) in [5.74, 6) is 0.449. The highest BCUT2D eigenvalue weighted by atomic mass is 32.2. The Kier molecular flexibility index (Phi) is 3.91. The van der Waals surface area contributed by atoms with Crippen LogP contribution in [0.2, 0.25) is 0 Å². The lowest BCUT2D eigenvalue weighted by Gasteiger charge is -2.10. The minimum Gasteiger partial charge on any atom is -0.496 e. The summed E-state index contributed by atoms with van der Waals surface area (Å²) in [4.78, 5) is 16.9. The first-order valence-corrected chi connectivity index (χ1v) is 6.29. The van der Waals surface area contributed by atoms with Crippen LogP contribution in [0.15, 0.2) is 46.3 Å². The number of nitrogens with zero attached hydrogens (tertiary/aromatic N) is 1. The number of primary amides is 1. The third-order valence-electron chi connectivity index (χ3n) is 2.44. The Morgan fingerprint density at radius 2 is 2.05 bits per heavy atom. The number of anilines is 1. The van der Waals surface area contributed by atoms with Crippen molar-refractivity contribution in [3.63, 3.8) is 0 Å². The van der Waals surface area contributed by atoms with E-state index in [9.17, 15) is 4.79 Å². The first kappa shape index (κ1) is 13.2. The average molecular weight is 275 g/mol. The molecule has 0 fully saturated rings. The lowest BCUT2D eigenvalue weighted by atomic mass is 10.2. The highest BCUT2D eigenvalue weighted by molar-refractivity contribution is 7.99. The van der Waals surface area contributed by atoms with Gasteiger partial charge in [0.25, 0.3) is 0 Å². The number of nitrogen functional groups attached to an aromatic ring is 1. The molecule has 4 N–H and O–H groups in total. The summed E-state index contributed by atoms with van der Waals surface area (Å²) in [6.07, 6.45) is 1.53. The molecular formula is C13H13N3O2S. The molecule has 0 radical (unpaired) electrons. The molecular weight excluding hydrogens is 262 g/mol. The normalized spacial score (nSPS) is 10.2. The molecule has 1 aromatic carbocycles. The summed E-state index contributed by atoms with van der Waals surface area (Å²) in [6.45, 7) is 0. The minimum absolute atomic E-state index is 0.262. The number of carbonyl (C=O) groups is 1. The summed E-state index contributed by atoms with van der Waals surface area (Å²) in [5.41, 5.74) is 11.3. The van der Waals surface area contributed by atoms with Crippen molar-refractivity contribution in [2.75, 3.05) is 12.8 Å². The van der Waals surface area contributed by atoms with Gasteiger partial charge in [-0.3, -0.25) is 4.79 Å². The van der Waals surface area contributed by atoms with Gasteiger partial charge in [-0.05, 0) is 18.2 Å². The van der Waals surface area contributed by atoms with Crippen molar-refractivity contribution < 1.29 is 9.53 Å². The number of para-hydroxylation sites is 1. The van der Waals surface area contributed by atoms with Crippen LogP contribution in [0.25, 0.3) is 0 Å². The maximum Gasteiger partial charge on any atom is 0.250 e. The van der Waals surface area contributed by atoms with E-state index in [2.05, 4.69) is 4.98 Å². The molecule has 1 aromatic heterocycles. The van der Waals surface area contributed by atoms with Gasteiger partial charge in [0.05, 0.1) is 17.6 Å². The summed E-state index contributed by atoms with van der Waals surface area (Å²) in [7, 11) is 1.59. The Balaban J connectivity index is 2.41. The fraction of sp³-hybridized carbons (Fsp3) is 0.0769. The first-order valence-electron chi connectivity index (χ1n) is 5.48. The molecule has 1 heterocycles. The van der Waals surface area contributed by atoms with Gasteiger partial charge in [-0.25, -0.2) is 4.98 Å². The SMILES string of the molecule is COc1ccccc1Sc1cnc(N)cc1C(N)=O. The van der Waals surface area contributed by atoms with Crippen molar-refractivity contribution in [2.24, 2.45) is 5.73 Å². The van der Waals surface area contributed by atoms with E-state index >= 15 is 0 Å². The second kappa shape index (κ2) is 5.62. The van der Waals surface area contributed by atoms with Crippen molar-refractivity contribution in [1.82, 2.24) is 4.98 Å². The van der Waals surface area contributed by atoms with Gasteiger partial charge in [0.2, 0.25) is 5.91 Å². The Morgan fingerprint density at radius 3 is 2.74 bits per heavy atom. The predicted molar refractivity (Wildman–Crippen MR) is 74.3 cm³/mol. The molecule has 2 rings (SSSR count). The van der Waals surface area contributed by atoms with Crippen molar-refractivity contribution >= 4 is 23.5 Å². The van der Waals surface area contributed by atoms with E-state index in [0.717, 1.165) is 10.6 Å². The smallest absolute Gasteiger partial charge is 0.250 e. The third-order valence-corrected chi connectivity index (χ3v) is 3.55. The van der Waals surface area contributed by atoms with Gasteiger partial charge < -0.3 is 16.2 Å². The lowest BCUT2D eigenvalue weighted by molar-refractivity contribution is 0.0997. The van der Waals surface area contributed by atoms with Gasteiger partial charge in [0, 0.05) is 11.1 Å². The van der Waals surface area contributed by atoms with Crippen molar-refractivity contribution in [3.8, 4) is 5.75 Å². The molecule has 0 saturated carbocycles. The van der Waals surface area contributed by atoms with Crippen LogP contribution in [0.1, 0.15) is 10.4 Å². The number of benzene rings is 1. The van der Waals surface area contributed by atoms with Gasteiger partial charge in [-0.15, -0.1) is 0 Å². The van der Waals surface area contributed by atoms with E-state index in [0.29, 0.717) is 10.5 Å². The molecule has 0 unspecified atom stereocenters. The monoisotopic (exact) mass is 275 g/mol. The molecule has 0 aliphatic carbocycles. The summed E-state index contributed by atoms with van der Waals surface area (Å²) >= 11 is 1.36. The summed E-state index contributed by atoms with van der Waals surface area (Å²) in [5, 5.41) is 0. The van der Waals surface area contributed by atoms with Crippen molar-refractivity contribution in [2.45, 2.75) is 9.79 Å². The van der Waals surface area contributed by atoms with Gasteiger partial charge in [-0.1, -0.05) is 23.9 Å². The molecule has 0 saturated heterocycles. The van der Waals surface area contributed by atoms with Crippen LogP contribution in [0.5, 0.6) is 5.75 Å². The predicted octanol–water partition coefficient (Wildman–Crippen LogP) is 1.92. The number of rotatable bonds is 4. The molecule has 5 nitrogen and oxygen atoms in total. The van der Waals surface area contributed by atoms with E-state index in [1.165, 1.54) is 24.0 Å². The molecule has 0 bridgehead atoms. The molecule has 19 heavy (non-hydrogen) atoms. The molecule has 6 heteroatoms. The average Bonchev–Trinajstić information content (AvgIpc) is 2.41. The molecule has 1 amide bonds. The van der Waals surface area contributed by atoms with Crippen LogP contribution in [0.4, 0.5) is 5.82 Å². The number of aromatic nitrogens is 1. The van der Waals surface area contributed by atoms with Crippen LogP contribution in [-0.2, 0) is 0 Å². The van der Waals surface area contributed by atoms with Gasteiger partial charge >= 0.3 is 0 Å². The van der Waals surface area contributed by atoms with Crippen LogP contribution >= 0.6 is 11.8 Å². The number of ether oxygens (including phenoxy) is 1. The number of hydrogen-bond donors (Lipinski definition) is 2. The molecule has 2 aromatic rings. The van der Waals surface area contributed by atoms with Crippen LogP contribution in [-0.4, -0.2) is 18.0 Å². The van der Waals surface area contributed by atoms with E-state index in [4.69, 9.17) is 16.2 Å². The Labute approximate surface area is 115 Å². The molecule has 0 atom stereocenters. The fourth-order valence-electron chi connectivity index (χ4n) is 1.55. The Hall–Kier alpha value is -2.21. The number of hydrogen-bond acceptors (Lipinski definition) is 5. The number of methoxy groups -OCH3 is 1. The molecule has 98 valence electrons. The molecule has 0 spiro atoms. The second-order valence-electron chi connectivity index (χ2n) is 3.72. The van der Waals surface area contributed by atoms with Gasteiger partial charge in [-0.2, -0.15) is 0 Å². The van der Waals surface area contributed by atoms with Gasteiger partial charge in [0.15, 0.2) is 0 Å². The minimum atomic E-state index is -0.536.